The van der Waals surface area contributed by atoms with Crippen LogP contribution in [-0.2, 0) is 17.9 Å². The lowest BCUT2D eigenvalue weighted by atomic mass is 10.1. The van der Waals surface area contributed by atoms with Crippen molar-refractivity contribution in [1.29, 1.82) is 0 Å². The van der Waals surface area contributed by atoms with Gasteiger partial charge in [-0.3, -0.25) is 9.59 Å². The molecule has 0 saturated carbocycles. The Labute approximate surface area is 153 Å². The molecule has 0 bridgehead atoms. The maximum atomic E-state index is 14.3. The molecular weight excluding hydrogens is 355 g/mol. The number of carboxylic acids is 1. The van der Waals surface area contributed by atoms with Crippen LogP contribution in [0.25, 0.3) is 11.4 Å². The Morgan fingerprint density at radius 1 is 1.22 bits per heavy atom. The summed E-state index contributed by atoms with van der Waals surface area (Å²) in [5.41, 5.74) is 1.37. The Bertz CT molecular complexity index is 976. The number of hydrogen-bond acceptors (Lipinski definition) is 6. The number of aliphatic carboxylic acids is 1. The molecule has 3 aromatic rings. The zero-order valence-electron chi connectivity index (χ0n) is 14.3. The SMILES string of the molecule is Cc1cc(-c2nnn(CC(=O)O)n2)cc(C(=O)N(F)Cc2ccccc2)n1. The van der Waals surface area contributed by atoms with Crippen LogP contribution in [0, 0.1) is 6.92 Å². The number of pyridine rings is 1. The van der Waals surface area contributed by atoms with Crippen molar-refractivity contribution in [1.82, 2.24) is 30.3 Å². The second-order valence-corrected chi connectivity index (χ2v) is 5.73. The van der Waals surface area contributed by atoms with Gasteiger partial charge in [0, 0.05) is 11.3 Å². The number of nitrogens with zero attached hydrogens (tertiary/aromatic N) is 6. The van der Waals surface area contributed by atoms with Crippen molar-refractivity contribution in [2.75, 3.05) is 0 Å². The average molecular weight is 370 g/mol. The molecule has 0 saturated heterocycles. The van der Waals surface area contributed by atoms with Crippen LogP contribution in [0.3, 0.4) is 0 Å². The third kappa shape index (κ3) is 4.48. The molecule has 0 atom stereocenters. The highest BCUT2D eigenvalue weighted by atomic mass is 19.2. The van der Waals surface area contributed by atoms with Gasteiger partial charge in [-0.1, -0.05) is 34.8 Å². The molecule has 1 N–H and O–H groups in total. The summed E-state index contributed by atoms with van der Waals surface area (Å²) in [6, 6.07) is 11.7. The number of carbonyl (C=O) groups excluding carboxylic acids is 1. The number of aryl methyl sites for hydroxylation is 1. The normalized spacial score (nSPS) is 10.6. The Balaban J connectivity index is 1.83. The summed E-state index contributed by atoms with van der Waals surface area (Å²) in [5.74, 6) is -1.90. The zero-order chi connectivity index (χ0) is 19.4. The van der Waals surface area contributed by atoms with E-state index in [-0.39, 0.29) is 23.2 Å². The molecule has 0 aliphatic carbocycles. The molecule has 27 heavy (non-hydrogen) atoms. The highest BCUT2D eigenvalue weighted by Gasteiger charge is 2.20. The van der Waals surface area contributed by atoms with Crippen molar-refractivity contribution in [3.8, 4) is 11.4 Å². The van der Waals surface area contributed by atoms with Gasteiger partial charge in [0.15, 0.2) is 6.54 Å². The van der Waals surface area contributed by atoms with Gasteiger partial charge in [-0.15, -0.1) is 10.2 Å². The maximum Gasteiger partial charge on any atom is 0.327 e. The van der Waals surface area contributed by atoms with Gasteiger partial charge in [0.2, 0.25) is 5.82 Å². The van der Waals surface area contributed by atoms with E-state index in [1.54, 1.807) is 43.3 Å². The third-order valence-corrected chi connectivity index (χ3v) is 3.54. The van der Waals surface area contributed by atoms with E-state index >= 15 is 0 Å². The van der Waals surface area contributed by atoms with Crippen LogP contribution >= 0.6 is 0 Å². The first kappa shape index (κ1) is 18.1. The highest BCUT2D eigenvalue weighted by molar-refractivity contribution is 5.92. The van der Waals surface area contributed by atoms with Crippen molar-refractivity contribution in [3.05, 3.63) is 59.4 Å². The fourth-order valence-corrected chi connectivity index (χ4v) is 2.39. The summed E-state index contributed by atoms with van der Waals surface area (Å²) in [6.07, 6.45) is 0. The Morgan fingerprint density at radius 3 is 2.67 bits per heavy atom. The summed E-state index contributed by atoms with van der Waals surface area (Å²) in [5, 5.41) is 20.2. The topological polar surface area (TPSA) is 114 Å². The van der Waals surface area contributed by atoms with E-state index < -0.39 is 18.4 Å². The van der Waals surface area contributed by atoms with E-state index in [1.807, 2.05) is 0 Å². The van der Waals surface area contributed by atoms with Crippen molar-refractivity contribution in [2.45, 2.75) is 20.0 Å². The molecule has 2 heterocycles. The van der Waals surface area contributed by atoms with Gasteiger partial charge in [0.05, 0.1) is 6.54 Å². The first-order valence-electron chi connectivity index (χ1n) is 7.92. The van der Waals surface area contributed by atoms with E-state index in [2.05, 4.69) is 20.4 Å². The lowest BCUT2D eigenvalue weighted by Gasteiger charge is -2.12. The van der Waals surface area contributed by atoms with Gasteiger partial charge < -0.3 is 5.11 Å². The largest absolute Gasteiger partial charge is 0.480 e. The van der Waals surface area contributed by atoms with Crippen LogP contribution in [0.4, 0.5) is 4.48 Å². The molecule has 1 aromatic carbocycles. The molecule has 3 rings (SSSR count). The number of rotatable bonds is 6. The standard InChI is InChI=1S/C17H15FN6O3/c1-11-7-13(16-20-22-24(21-16)10-15(25)26)8-14(19-11)17(27)23(18)9-12-5-3-2-4-6-12/h2-8H,9-10H2,1H3,(H,25,26). The smallest absolute Gasteiger partial charge is 0.327 e. The number of carbonyl (C=O) groups is 2. The first-order valence-corrected chi connectivity index (χ1v) is 7.92. The molecule has 0 fully saturated rings. The average Bonchev–Trinajstić information content (AvgIpc) is 3.09. The Morgan fingerprint density at radius 2 is 1.96 bits per heavy atom. The second kappa shape index (κ2) is 7.68. The minimum absolute atomic E-state index is 0.0790. The molecular formula is C17H15FN6O3. The van der Waals surface area contributed by atoms with E-state index in [0.717, 1.165) is 4.80 Å². The molecule has 0 radical (unpaired) electrons. The molecule has 10 heteroatoms. The first-order chi connectivity index (χ1) is 12.9. The van der Waals surface area contributed by atoms with Crippen molar-refractivity contribution >= 4 is 11.9 Å². The number of benzene rings is 1. The van der Waals surface area contributed by atoms with Crippen molar-refractivity contribution in [2.24, 2.45) is 0 Å². The summed E-state index contributed by atoms with van der Waals surface area (Å²) in [4.78, 5) is 28.1. The maximum absolute atomic E-state index is 14.3. The van der Waals surface area contributed by atoms with Gasteiger partial charge >= 0.3 is 5.97 Å². The summed E-state index contributed by atoms with van der Waals surface area (Å²) in [6.45, 7) is 0.984. The number of amides is 1. The lowest BCUT2D eigenvalue weighted by Crippen LogP contribution is -2.23. The van der Waals surface area contributed by atoms with Crippen molar-refractivity contribution < 1.29 is 19.2 Å². The van der Waals surface area contributed by atoms with Crippen LogP contribution in [-0.4, -0.2) is 47.3 Å². The van der Waals surface area contributed by atoms with Crippen LogP contribution < -0.4 is 0 Å². The predicted octanol–water partition coefficient (Wildman–Crippen LogP) is 1.66. The number of tetrazole rings is 1. The van der Waals surface area contributed by atoms with E-state index in [9.17, 15) is 14.1 Å². The van der Waals surface area contributed by atoms with Crippen LogP contribution in [0.2, 0.25) is 0 Å². The molecule has 0 spiro atoms. The van der Waals surface area contributed by atoms with E-state index in [0.29, 0.717) is 16.8 Å². The van der Waals surface area contributed by atoms with Gasteiger partial charge in [-0.2, -0.15) is 9.92 Å². The van der Waals surface area contributed by atoms with Crippen molar-refractivity contribution in [3.63, 3.8) is 0 Å². The molecule has 0 aliphatic heterocycles. The summed E-state index contributed by atoms with van der Waals surface area (Å²) in [7, 11) is 0. The van der Waals surface area contributed by atoms with Gasteiger partial charge in [0.25, 0.3) is 5.91 Å². The monoisotopic (exact) mass is 370 g/mol. The van der Waals surface area contributed by atoms with Crippen LogP contribution in [0.5, 0.6) is 0 Å². The fraction of sp³-hybridized carbons (Fsp3) is 0.176. The van der Waals surface area contributed by atoms with E-state index in [4.69, 9.17) is 5.11 Å². The highest BCUT2D eigenvalue weighted by Crippen LogP contribution is 2.18. The van der Waals surface area contributed by atoms with Gasteiger partial charge in [0.1, 0.15) is 5.69 Å². The van der Waals surface area contributed by atoms with Gasteiger partial charge in [-0.05, 0) is 29.8 Å². The number of aromatic nitrogens is 5. The zero-order valence-corrected chi connectivity index (χ0v) is 14.3. The number of halogens is 1. The third-order valence-electron chi connectivity index (χ3n) is 3.54. The second-order valence-electron chi connectivity index (χ2n) is 5.73. The Kier molecular flexibility index (Phi) is 5.15. The van der Waals surface area contributed by atoms with Crippen LogP contribution in [0.1, 0.15) is 21.7 Å². The molecule has 9 nitrogen and oxygen atoms in total. The quantitative estimate of drug-likeness (QED) is 0.656. The molecule has 2 aromatic heterocycles. The summed E-state index contributed by atoms with van der Waals surface area (Å²) >= 11 is 0. The molecule has 1 amide bonds. The minimum atomic E-state index is -1.12. The number of carboxylic acid groups (broad SMARTS) is 1. The fourth-order valence-electron chi connectivity index (χ4n) is 2.39. The predicted molar refractivity (Wildman–Crippen MR) is 90.8 cm³/mol. The molecule has 0 unspecified atom stereocenters. The van der Waals surface area contributed by atoms with Gasteiger partial charge in [-0.25, -0.2) is 4.98 Å². The summed E-state index contributed by atoms with van der Waals surface area (Å²) < 4.78 is 14.3. The van der Waals surface area contributed by atoms with E-state index in [1.165, 1.54) is 6.07 Å². The molecule has 138 valence electrons. The Hall–Kier alpha value is -3.69. The minimum Gasteiger partial charge on any atom is -0.480 e. The number of hydrogen-bond donors (Lipinski definition) is 1. The molecule has 0 aliphatic rings. The van der Waals surface area contributed by atoms with Crippen LogP contribution in [0.15, 0.2) is 42.5 Å². The lowest BCUT2D eigenvalue weighted by molar-refractivity contribution is -0.138.